The van der Waals surface area contributed by atoms with E-state index in [9.17, 15) is 9.59 Å². The Morgan fingerprint density at radius 1 is 1.44 bits per heavy atom. The van der Waals surface area contributed by atoms with E-state index in [1.165, 1.54) is 0 Å². The topological polar surface area (TPSA) is 61.4 Å². The summed E-state index contributed by atoms with van der Waals surface area (Å²) in [5.41, 5.74) is 0. The molecule has 2 atom stereocenters. The highest BCUT2D eigenvalue weighted by Gasteiger charge is 2.33. The minimum Gasteiger partial charge on any atom is -0.354 e. The molecule has 2 heterocycles. The second-order valence-electron chi connectivity index (χ2n) is 4.71. The molecule has 90 valence electrons. The van der Waals surface area contributed by atoms with Crippen molar-refractivity contribution in [2.45, 2.75) is 13.3 Å². The van der Waals surface area contributed by atoms with Crippen molar-refractivity contribution in [1.29, 1.82) is 0 Å². The van der Waals surface area contributed by atoms with Crippen molar-refractivity contribution in [2.75, 3.05) is 32.7 Å². The summed E-state index contributed by atoms with van der Waals surface area (Å²) in [6, 6.07) is 0. The van der Waals surface area contributed by atoms with Gasteiger partial charge in [0.1, 0.15) is 0 Å². The average Bonchev–Trinajstić information content (AvgIpc) is 2.55. The van der Waals surface area contributed by atoms with Crippen molar-refractivity contribution in [2.24, 2.45) is 11.8 Å². The molecule has 0 radical (unpaired) electrons. The predicted molar refractivity (Wildman–Crippen MR) is 59.7 cm³/mol. The van der Waals surface area contributed by atoms with Crippen LogP contribution in [0.1, 0.15) is 13.3 Å². The predicted octanol–water partition coefficient (Wildman–Crippen LogP) is -0.810. The van der Waals surface area contributed by atoms with Crippen LogP contribution in [0.25, 0.3) is 0 Å². The first-order chi connectivity index (χ1) is 7.68. The second-order valence-corrected chi connectivity index (χ2v) is 4.71. The molecule has 16 heavy (non-hydrogen) atoms. The molecular weight excluding hydrogens is 206 g/mol. The van der Waals surface area contributed by atoms with Crippen molar-refractivity contribution >= 4 is 11.8 Å². The molecule has 0 bridgehead atoms. The molecule has 2 N–H and O–H groups in total. The highest BCUT2D eigenvalue weighted by molar-refractivity contribution is 5.86. The Kier molecular flexibility index (Phi) is 3.43. The molecule has 5 nitrogen and oxygen atoms in total. The number of hydrogen-bond donors (Lipinski definition) is 2. The van der Waals surface area contributed by atoms with Gasteiger partial charge in [-0.25, -0.2) is 0 Å². The van der Waals surface area contributed by atoms with Crippen LogP contribution in [0.4, 0.5) is 0 Å². The fourth-order valence-electron chi connectivity index (χ4n) is 2.37. The first kappa shape index (κ1) is 11.4. The van der Waals surface area contributed by atoms with Gasteiger partial charge in [-0.2, -0.15) is 0 Å². The molecule has 2 fully saturated rings. The Morgan fingerprint density at radius 3 is 2.94 bits per heavy atom. The molecule has 2 unspecified atom stereocenters. The van der Waals surface area contributed by atoms with Gasteiger partial charge in [-0.1, -0.05) is 6.92 Å². The lowest BCUT2D eigenvalue weighted by Gasteiger charge is -2.24. The number of carbonyl (C=O) groups excluding carboxylic acids is 2. The van der Waals surface area contributed by atoms with E-state index in [1.54, 1.807) is 4.90 Å². The maximum atomic E-state index is 12.2. The van der Waals surface area contributed by atoms with Gasteiger partial charge in [-0.05, 0) is 18.9 Å². The number of nitrogens with zero attached hydrogens (tertiary/aromatic N) is 1. The smallest absolute Gasteiger partial charge is 0.239 e. The van der Waals surface area contributed by atoms with Crippen LogP contribution in [0.15, 0.2) is 0 Å². The van der Waals surface area contributed by atoms with E-state index in [0.717, 1.165) is 19.5 Å². The number of amides is 2. The van der Waals surface area contributed by atoms with E-state index in [2.05, 4.69) is 17.6 Å². The van der Waals surface area contributed by atoms with Crippen molar-refractivity contribution in [3.63, 3.8) is 0 Å². The SMILES string of the molecule is CC1CNCC1C(=O)N1CCCNC(=O)C1. The first-order valence-corrected chi connectivity index (χ1v) is 5.94. The van der Waals surface area contributed by atoms with Gasteiger partial charge in [0.2, 0.25) is 11.8 Å². The largest absolute Gasteiger partial charge is 0.354 e. The maximum Gasteiger partial charge on any atom is 0.239 e. The lowest BCUT2D eigenvalue weighted by atomic mass is 9.96. The highest BCUT2D eigenvalue weighted by Crippen LogP contribution is 2.19. The van der Waals surface area contributed by atoms with Crippen LogP contribution in [0.3, 0.4) is 0 Å². The van der Waals surface area contributed by atoms with Gasteiger partial charge >= 0.3 is 0 Å². The molecule has 5 heteroatoms. The van der Waals surface area contributed by atoms with Gasteiger partial charge in [0.25, 0.3) is 0 Å². The third-order valence-corrected chi connectivity index (χ3v) is 3.41. The van der Waals surface area contributed by atoms with Gasteiger partial charge in [0, 0.05) is 19.6 Å². The fraction of sp³-hybridized carbons (Fsp3) is 0.818. The van der Waals surface area contributed by atoms with Crippen LogP contribution in [0.2, 0.25) is 0 Å². The van der Waals surface area contributed by atoms with Crippen molar-refractivity contribution in [1.82, 2.24) is 15.5 Å². The Bertz CT molecular complexity index is 293. The zero-order chi connectivity index (χ0) is 11.5. The molecular formula is C11H19N3O2. The molecule has 2 aliphatic heterocycles. The lowest BCUT2D eigenvalue weighted by molar-refractivity contribution is -0.139. The number of hydrogen-bond acceptors (Lipinski definition) is 3. The summed E-state index contributed by atoms with van der Waals surface area (Å²) in [6.45, 7) is 5.33. The summed E-state index contributed by atoms with van der Waals surface area (Å²) >= 11 is 0. The first-order valence-electron chi connectivity index (χ1n) is 5.94. The molecule has 0 spiro atoms. The molecule has 0 aromatic rings. The third kappa shape index (κ3) is 2.35. The summed E-state index contributed by atoms with van der Waals surface area (Å²) in [7, 11) is 0. The summed E-state index contributed by atoms with van der Waals surface area (Å²) in [5.74, 6) is 0.517. The standard InChI is InChI=1S/C11H19N3O2/c1-8-5-12-6-9(8)11(16)14-4-2-3-13-10(15)7-14/h8-9,12H,2-7H2,1H3,(H,13,15). The summed E-state index contributed by atoms with van der Waals surface area (Å²) in [4.78, 5) is 25.3. The minimum absolute atomic E-state index is 0.0375. The third-order valence-electron chi connectivity index (χ3n) is 3.41. The van der Waals surface area contributed by atoms with Crippen molar-refractivity contribution in [3.8, 4) is 0 Å². The van der Waals surface area contributed by atoms with E-state index in [-0.39, 0.29) is 24.3 Å². The van der Waals surface area contributed by atoms with Gasteiger partial charge < -0.3 is 15.5 Å². The zero-order valence-corrected chi connectivity index (χ0v) is 9.66. The summed E-state index contributed by atoms with van der Waals surface area (Å²) < 4.78 is 0. The summed E-state index contributed by atoms with van der Waals surface area (Å²) in [6.07, 6.45) is 0.853. The van der Waals surface area contributed by atoms with Crippen molar-refractivity contribution in [3.05, 3.63) is 0 Å². The maximum absolute atomic E-state index is 12.2. The van der Waals surface area contributed by atoms with Crippen molar-refractivity contribution < 1.29 is 9.59 Å². The Balaban J connectivity index is 1.99. The number of rotatable bonds is 1. The average molecular weight is 225 g/mol. The van der Waals surface area contributed by atoms with Crippen LogP contribution < -0.4 is 10.6 Å². The van der Waals surface area contributed by atoms with Crippen LogP contribution in [0, 0.1) is 11.8 Å². The molecule has 2 aliphatic rings. The number of nitrogens with one attached hydrogen (secondary N) is 2. The van der Waals surface area contributed by atoms with E-state index < -0.39 is 0 Å². The minimum atomic E-state index is -0.0375. The molecule has 0 aliphatic carbocycles. The lowest BCUT2D eigenvalue weighted by Crippen LogP contribution is -2.42. The Hall–Kier alpha value is -1.10. The van der Waals surface area contributed by atoms with Gasteiger partial charge in [-0.3, -0.25) is 9.59 Å². The number of carbonyl (C=O) groups is 2. The van der Waals surface area contributed by atoms with E-state index in [4.69, 9.17) is 0 Å². The zero-order valence-electron chi connectivity index (χ0n) is 9.66. The normalized spacial score (nSPS) is 31.1. The van der Waals surface area contributed by atoms with Crippen LogP contribution in [-0.4, -0.2) is 49.4 Å². The highest BCUT2D eigenvalue weighted by atomic mass is 16.2. The van der Waals surface area contributed by atoms with Crippen LogP contribution >= 0.6 is 0 Å². The quantitative estimate of drug-likeness (QED) is 0.613. The van der Waals surface area contributed by atoms with Gasteiger partial charge in [-0.15, -0.1) is 0 Å². The molecule has 2 rings (SSSR count). The van der Waals surface area contributed by atoms with E-state index in [0.29, 0.717) is 19.0 Å². The Morgan fingerprint density at radius 2 is 2.25 bits per heavy atom. The molecule has 0 aromatic carbocycles. The van der Waals surface area contributed by atoms with Gasteiger partial charge in [0.15, 0.2) is 0 Å². The monoisotopic (exact) mass is 225 g/mol. The van der Waals surface area contributed by atoms with E-state index >= 15 is 0 Å². The van der Waals surface area contributed by atoms with Gasteiger partial charge in [0.05, 0.1) is 12.5 Å². The van der Waals surface area contributed by atoms with Crippen LogP contribution in [0.5, 0.6) is 0 Å². The molecule has 2 amide bonds. The Labute approximate surface area is 95.6 Å². The fourth-order valence-corrected chi connectivity index (χ4v) is 2.37. The van der Waals surface area contributed by atoms with Crippen LogP contribution in [-0.2, 0) is 9.59 Å². The molecule has 0 saturated carbocycles. The second kappa shape index (κ2) is 4.82. The molecule has 2 saturated heterocycles. The van der Waals surface area contributed by atoms with E-state index in [1.807, 2.05) is 0 Å². The molecule has 0 aromatic heterocycles. The summed E-state index contributed by atoms with van der Waals surface area (Å²) in [5, 5.41) is 6.00.